The molecule has 0 aromatic carbocycles. The van der Waals surface area contributed by atoms with Gasteiger partial charge in [-0.25, -0.2) is 0 Å². The summed E-state index contributed by atoms with van der Waals surface area (Å²) in [6.07, 6.45) is 6.30. The van der Waals surface area contributed by atoms with Crippen molar-refractivity contribution in [1.29, 1.82) is 0 Å². The van der Waals surface area contributed by atoms with Crippen LogP contribution in [0.5, 0.6) is 0 Å². The number of hydrogen-bond donors (Lipinski definition) is 0. The van der Waals surface area contributed by atoms with Gasteiger partial charge in [-0.15, -0.1) is 0 Å². The molecule has 2 saturated heterocycles. The van der Waals surface area contributed by atoms with Gasteiger partial charge in [-0.3, -0.25) is 9.59 Å². The van der Waals surface area contributed by atoms with Crippen LogP contribution in [0.25, 0.3) is 0 Å². The van der Waals surface area contributed by atoms with Crippen molar-refractivity contribution in [3.05, 3.63) is 12.2 Å². The number of methoxy groups -OCH3 is 1. The predicted octanol–water partition coefficient (Wildman–Crippen LogP) is 2.39. The Balaban J connectivity index is 1.92. The van der Waals surface area contributed by atoms with Crippen molar-refractivity contribution in [3.63, 3.8) is 0 Å². The molecule has 0 radical (unpaired) electrons. The minimum absolute atomic E-state index is 0.127. The van der Waals surface area contributed by atoms with E-state index < -0.39 is 11.2 Å². The van der Waals surface area contributed by atoms with Crippen LogP contribution in [0.1, 0.15) is 46.0 Å². The van der Waals surface area contributed by atoms with Crippen LogP contribution in [0.4, 0.5) is 0 Å². The molecule has 0 bridgehead atoms. The summed E-state index contributed by atoms with van der Waals surface area (Å²) in [4.78, 5) is 24.9. The van der Waals surface area contributed by atoms with Crippen LogP contribution < -0.4 is 0 Å². The summed E-state index contributed by atoms with van der Waals surface area (Å²) >= 11 is 0. The van der Waals surface area contributed by atoms with E-state index in [0.717, 1.165) is 6.42 Å². The molecule has 5 nitrogen and oxygen atoms in total. The number of ether oxygens (including phenoxy) is 3. The smallest absolute Gasteiger partial charge is 0.312 e. The van der Waals surface area contributed by atoms with Crippen LogP contribution in [0.15, 0.2) is 12.2 Å². The molecule has 0 aromatic rings. The van der Waals surface area contributed by atoms with Crippen molar-refractivity contribution in [2.24, 2.45) is 11.3 Å². The van der Waals surface area contributed by atoms with Crippen LogP contribution in [0.3, 0.4) is 0 Å². The largest absolute Gasteiger partial charge is 0.458 e. The van der Waals surface area contributed by atoms with E-state index in [2.05, 4.69) is 0 Å². The topological polar surface area (TPSA) is 61.8 Å². The minimum Gasteiger partial charge on any atom is -0.458 e. The molecule has 122 valence electrons. The number of cyclic esters (lactones) is 1. The van der Waals surface area contributed by atoms with Gasteiger partial charge in [0.25, 0.3) is 0 Å². The Bertz CT molecular complexity index is 513. The van der Waals surface area contributed by atoms with Crippen molar-refractivity contribution in [2.75, 3.05) is 7.11 Å². The zero-order chi connectivity index (χ0) is 16.0. The Labute approximate surface area is 131 Å². The standard InChI is InChI=1S/C17H24O5/c1-4-6-11-9-13-12(15(19)21-11)10-16(2)14(18)7-5-8-17(16,20-3)22-13/h4,6,11-13H,5,7-10H2,1-3H3/b6-4+. The molecule has 5 unspecified atom stereocenters. The first-order chi connectivity index (χ1) is 10.5. The van der Waals surface area contributed by atoms with E-state index in [0.29, 0.717) is 25.7 Å². The number of carbonyl (C=O) groups excluding carboxylic acids is 2. The Morgan fingerprint density at radius 3 is 2.82 bits per heavy atom. The van der Waals surface area contributed by atoms with Crippen molar-refractivity contribution in [2.45, 2.75) is 63.9 Å². The van der Waals surface area contributed by atoms with Gasteiger partial charge >= 0.3 is 5.97 Å². The second-order valence-corrected chi connectivity index (χ2v) is 6.77. The number of esters is 1. The van der Waals surface area contributed by atoms with E-state index in [-0.39, 0.29) is 29.9 Å². The number of fused-ring (bicyclic) bond motifs is 2. The molecule has 1 saturated carbocycles. The second-order valence-electron chi connectivity index (χ2n) is 6.77. The molecule has 0 N–H and O–H groups in total. The van der Waals surface area contributed by atoms with Crippen LogP contribution >= 0.6 is 0 Å². The molecule has 5 atom stereocenters. The Morgan fingerprint density at radius 2 is 2.14 bits per heavy atom. The second kappa shape index (κ2) is 5.46. The fourth-order valence-corrected chi connectivity index (χ4v) is 4.27. The monoisotopic (exact) mass is 308 g/mol. The molecule has 0 aromatic heterocycles. The van der Waals surface area contributed by atoms with Gasteiger partial charge in [0.1, 0.15) is 11.9 Å². The van der Waals surface area contributed by atoms with Crippen LogP contribution in [0, 0.1) is 11.3 Å². The normalized spacial score (nSPS) is 45.3. The van der Waals surface area contributed by atoms with Gasteiger partial charge in [0.15, 0.2) is 5.79 Å². The van der Waals surface area contributed by atoms with Crippen molar-refractivity contribution >= 4 is 11.8 Å². The fraction of sp³-hybridized carbons (Fsp3) is 0.765. The molecule has 2 aliphatic heterocycles. The van der Waals surface area contributed by atoms with Gasteiger partial charge < -0.3 is 14.2 Å². The first kappa shape index (κ1) is 15.7. The highest BCUT2D eigenvalue weighted by Crippen LogP contribution is 2.55. The van der Waals surface area contributed by atoms with Gasteiger partial charge in [-0.2, -0.15) is 0 Å². The maximum atomic E-state index is 12.5. The van der Waals surface area contributed by atoms with Crippen LogP contribution in [0.2, 0.25) is 0 Å². The third-order valence-corrected chi connectivity index (χ3v) is 5.56. The highest BCUT2D eigenvalue weighted by atomic mass is 16.7. The van der Waals surface area contributed by atoms with E-state index in [1.165, 1.54) is 0 Å². The van der Waals surface area contributed by atoms with Crippen LogP contribution in [-0.4, -0.2) is 36.9 Å². The molecular weight excluding hydrogens is 284 g/mol. The molecule has 2 heterocycles. The van der Waals surface area contributed by atoms with E-state index in [1.807, 2.05) is 26.0 Å². The zero-order valence-electron chi connectivity index (χ0n) is 13.5. The van der Waals surface area contributed by atoms with Crippen molar-refractivity contribution in [1.82, 2.24) is 0 Å². The fourth-order valence-electron chi connectivity index (χ4n) is 4.27. The maximum Gasteiger partial charge on any atom is 0.312 e. The molecule has 3 aliphatic rings. The molecular formula is C17H24O5. The molecule has 0 spiro atoms. The van der Waals surface area contributed by atoms with E-state index in [1.54, 1.807) is 7.11 Å². The quantitative estimate of drug-likeness (QED) is 0.579. The lowest BCUT2D eigenvalue weighted by molar-refractivity contribution is -0.342. The van der Waals surface area contributed by atoms with E-state index in [4.69, 9.17) is 14.2 Å². The van der Waals surface area contributed by atoms with Crippen molar-refractivity contribution < 1.29 is 23.8 Å². The number of carbonyl (C=O) groups is 2. The molecule has 0 amide bonds. The van der Waals surface area contributed by atoms with Gasteiger partial charge in [-0.1, -0.05) is 6.08 Å². The first-order valence-electron chi connectivity index (χ1n) is 8.05. The lowest BCUT2D eigenvalue weighted by Crippen LogP contribution is -2.65. The third kappa shape index (κ3) is 2.14. The molecule has 22 heavy (non-hydrogen) atoms. The van der Waals surface area contributed by atoms with E-state index >= 15 is 0 Å². The Morgan fingerprint density at radius 1 is 1.36 bits per heavy atom. The first-order valence-corrected chi connectivity index (χ1v) is 8.05. The summed E-state index contributed by atoms with van der Waals surface area (Å²) in [5.74, 6) is -1.41. The summed E-state index contributed by atoms with van der Waals surface area (Å²) in [7, 11) is 1.60. The molecule has 3 fully saturated rings. The molecule has 3 rings (SSSR count). The maximum absolute atomic E-state index is 12.5. The summed E-state index contributed by atoms with van der Waals surface area (Å²) in [5.41, 5.74) is -0.770. The minimum atomic E-state index is -0.901. The van der Waals surface area contributed by atoms with Gasteiger partial charge in [0.05, 0.1) is 17.4 Å². The number of hydrogen-bond acceptors (Lipinski definition) is 5. The molecule has 5 heteroatoms. The average molecular weight is 308 g/mol. The van der Waals surface area contributed by atoms with Gasteiger partial charge in [0, 0.05) is 26.4 Å². The highest BCUT2D eigenvalue weighted by Gasteiger charge is 2.64. The lowest BCUT2D eigenvalue weighted by atomic mass is 9.62. The third-order valence-electron chi connectivity index (χ3n) is 5.56. The van der Waals surface area contributed by atoms with Crippen LogP contribution in [-0.2, 0) is 23.8 Å². The predicted molar refractivity (Wildman–Crippen MR) is 79.0 cm³/mol. The number of rotatable bonds is 2. The Kier molecular flexibility index (Phi) is 3.89. The number of Topliss-reactive ketones (excluding diaryl/α,β-unsaturated/α-hetero) is 1. The van der Waals surface area contributed by atoms with E-state index in [9.17, 15) is 9.59 Å². The summed E-state index contributed by atoms with van der Waals surface area (Å²) in [6, 6.07) is 0. The van der Waals surface area contributed by atoms with Crippen molar-refractivity contribution in [3.8, 4) is 0 Å². The Hall–Kier alpha value is -1.20. The zero-order valence-corrected chi connectivity index (χ0v) is 13.5. The molecule has 1 aliphatic carbocycles. The number of ketones is 1. The SMILES string of the molecule is C/C=C/C1CC2OC3(OC)CCCC(=O)C3(C)CC2C(=O)O1. The summed E-state index contributed by atoms with van der Waals surface area (Å²) < 4.78 is 17.5. The summed E-state index contributed by atoms with van der Waals surface area (Å²) in [6.45, 7) is 3.77. The number of allylic oxidation sites excluding steroid dienone is 1. The highest BCUT2D eigenvalue weighted by molar-refractivity contribution is 5.88. The van der Waals surface area contributed by atoms with Gasteiger partial charge in [-0.05, 0) is 32.8 Å². The summed E-state index contributed by atoms with van der Waals surface area (Å²) in [5, 5.41) is 0. The lowest BCUT2D eigenvalue weighted by Gasteiger charge is -2.56. The van der Waals surface area contributed by atoms with Gasteiger partial charge in [0.2, 0.25) is 0 Å². The average Bonchev–Trinajstić information content (AvgIpc) is 2.48.